The van der Waals surface area contributed by atoms with Crippen LogP contribution in [0.25, 0.3) is 82.1 Å². The SMILES string of the molecule is Cc1ccccc1-c1ccc2ccc3c(-c4ccc(-n5c6ccccc6c6ccccc65)cc4)ccc4ccc1c2c43. The van der Waals surface area contributed by atoms with Gasteiger partial charge in [0.25, 0.3) is 0 Å². The van der Waals surface area contributed by atoms with Gasteiger partial charge in [-0.1, -0.05) is 121 Å². The van der Waals surface area contributed by atoms with Crippen molar-refractivity contribution in [1.82, 2.24) is 4.57 Å². The van der Waals surface area contributed by atoms with Crippen LogP contribution in [0.2, 0.25) is 0 Å². The lowest BCUT2D eigenvalue weighted by molar-refractivity contribution is 1.18. The fourth-order valence-corrected chi connectivity index (χ4v) is 7.15. The summed E-state index contributed by atoms with van der Waals surface area (Å²) in [6.45, 7) is 2.20. The predicted octanol–water partition coefficient (Wildman–Crippen LogP) is 11.3. The number of hydrogen-bond acceptors (Lipinski definition) is 0. The molecule has 0 amide bonds. The number of aryl methyl sites for hydroxylation is 1. The molecule has 196 valence electrons. The summed E-state index contributed by atoms with van der Waals surface area (Å²) in [6.07, 6.45) is 0. The average Bonchev–Trinajstić information content (AvgIpc) is 3.38. The van der Waals surface area contributed by atoms with Crippen LogP contribution in [0.5, 0.6) is 0 Å². The van der Waals surface area contributed by atoms with Crippen LogP contribution in [0.4, 0.5) is 0 Å². The summed E-state index contributed by atoms with van der Waals surface area (Å²) in [5.74, 6) is 0. The standard InChI is InChI=1S/C41H27N/c1-26-8-2-3-9-31(26)33-23-17-29-18-24-36-32(22-16-28-19-25-37(33)41(29)40(28)36)27-14-20-30(21-15-27)42-38-12-6-4-10-34(38)35-11-5-7-13-39(35)42/h2-25H,1H3. The molecular weight excluding hydrogens is 506 g/mol. The monoisotopic (exact) mass is 533 g/mol. The Labute approximate surface area is 244 Å². The fourth-order valence-electron chi connectivity index (χ4n) is 7.15. The number of benzene rings is 8. The van der Waals surface area contributed by atoms with Gasteiger partial charge in [0.2, 0.25) is 0 Å². The molecule has 8 aromatic carbocycles. The van der Waals surface area contributed by atoms with Crippen molar-refractivity contribution in [2.75, 3.05) is 0 Å². The van der Waals surface area contributed by atoms with Crippen LogP contribution in [0, 0.1) is 6.92 Å². The molecule has 1 heteroatoms. The Morgan fingerprint density at radius 1 is 0.381 bits per heavy atom. The molecule has 9 rings (SSSR count). The number of aromatic nitrogens is 1. The first-order chi connectivity index (χ1) is 20.8. The Hall–Kier alpha value is -5.40. The van der Waals surface area contributed by atoms with Crippen LogP contribution in [-0.2, 0) is 0 Å². The van der Waals surface area contributed by atoms with Gasteiger partial charge in [-0.05, 0) is 91.3 Å². The highest BCUT2D eigenvalue weighted by atomic mass is 15.0. The largest absolute Gasteiger partial charge is 0.309 e. The summed E-state index contributed by atoms with van der Waals surface area (Å²) in [5.41, 5.74) is 10.1. The maximum absolute atomic E-state index is 2.38. The molecule has 0 saturated carbocycles. The summed E-state index contributed by atoms with van der Waals surface area (Å²) in [7, 11) is 0. The van der Waals surface area contributed by atoms with E-state index in [2.05, 4.69) is 157 Å². The van der Waals surface area contributed by atoms with Crippen LogP contribution < -0.4 is 0 Å². The molecule has 42 heavy (non-hydrogen) atoms. The van der Waals surface area contributed by atoms with Crippen molar-refractivity contribution in [2.24, 2.45) is 0 Å². The van der Waals surface area contributed by atoms with Gasteiger partial charge in [0.15, 0.2) is 0 Å². The molecule has 0 fully saturated rings. The van der Waals surface area contributed by atoms with Crippen molar-refractivity contribution in [3.8, 4) is 27.9 Å². The van der Waals surface area contributed by atoms with Gasteiger partial charge in [-0.15, -0.1) is 0 Å². The highest BCUT2D eigenvalue weighted by Gasteiger charge is 2.16. The Balaban J connectivity index is 1.24. The third-order valence-electron chi connectivity index (χ3n) is 9.12. The number of para-hydroxylation sites is 2. The van der Waals surface area contributed by atoms with Gasteiger partial charge >= 0.3 is 0 Å². The minimum Gasteiger partial charge on any atom is -0.309 e. The van der Waals surface area contributed by atoms with Crippen LogP contribution in [0.3, 0.4) is 0 Å². The first-order valence-electron chi connectivity index (χ1n) is 14.6. The van der Waals surface area contributed by atoms with Crippen LogP contribution in [-0.4, -0.2) is 4.57 Å². The van der Waals surface area contributed by atoms with E-state index in [0.29, 0.717) is 0 Å². The zero-order valence-electron chi connectivity index (χ0n) is 23.3. The third kappa shape index (κ3) is 3.25. The first-order valence-corrected chi connectivity index (χ1v) is 14.6. The van der Waals surface area contributed by atoms with Crippen LogP contribution in [0.15, 0.2) is 146 Å². The molecule has 0 bridgehead atoms. The second kappa shape index (κ2) is 8.80. The first kappa shape index (κ1) is 23.3. The lowest BCUT2D eigenvalue weighted by atomic mass is 9.86. The van der Waals surface area contributed by atoms with E-state index in [9.17, 15) is 0 Å². The third-order valence-corrected chi connectivity index (χ3v) is 9.12. The van der Waals surface area contributed by atoms with Crippen molar-refractivity contribution in [2.45, 2.75) is 6.92 Å². The Kier molecular flexibility index (Phi) is 4.88. The van der Waals surface area contributed by atoms with Crippen molar-refractivity contribution in [3.05, 3.63) is 151 Å². The summed E-state index contributed by atoms with van der Waals surface area (Å²) in [6, 6.07) is 53.5. The van der Waals surface area contributed by atoms with E-state index in [0.717, 1.165) is 0 Å². The van der Waals surface area contributed by atoms with Crippen LogP contribution in [0.1, 0.15) is 5.56 Å². The average molecular weight is 534 g/mol. The fraction of sp³-hybridized carbons (Fsp3) is 0.0244. The van der Waals surface area contributed by atoms with Crippen molar-refractivity contribution in [3.63, 3.8) is 0 Å². The lowest BCUT2D eigenvalue weighted by Gasteiger charge is -2.17. The number of rotatable bonds is 3. The zero-order chi connectivity index (χ0) is 27.8. The van der Waals surface area contributed by atoms with E-state index in [1.807, 2.05) is 0 Å². The van der Waals surface area contributed by atoms with Gasteiger partial charge in [-0.2, -0.15) is 0 Å². The summed E-state index contributed by atoms with van der Waals surface area (Å²) >= 11 is 0. The van der Waals surface area contributed by atoms with Gasteiger partial charge in [0.1, 0.15) is 0 Å². The van der Waals surface area contributed by atoms with Gasteiger partial charge in [-0.25, -0.2) is 0 Å². The molecule has 0 aliphatic rings. The second-order valence-electron chi connectivity index (χ2n) is 11.4. The van der Waals surface area contributed by atoms with Crippen molar-refractivity contribution in [1.29, 1.82) is 0 Å². The zero-order valence-corrected chi connectivity index (χ0v) is 23.3. The highest BCUT2D eigenvalue weighted by molar-refractivity contribution is 6.27. The number of hydrogen-bond donors (Lipinski definition) is 0. The normalized spacial score (nSPS) is 11.9. The van der Waals surface area contributed by atoms with Crippen molar-refractivity contribution >= 4 is 54.1 Å². The van der Waals surface area contributed by atoms with Gasteiger partial charge in [-0.3, -0.25) is 0 Å². The topological polar surface area (TPSA) is 4.93 Å². The second-order valence-corrected chi connectivity index (χ2v) is 11.4. The predicted molar refractivity (Wildman–Crippen MR) is 180 cm³/mol. The van der Waals surface area contributed by atoms with E-state index < -0.39 is 0 Å². The van der Waals surface area contributed by atoms with Gasteiger partial charge < -0.3 is 4.57 Å². The molecule has 0 spiro atoms. The summed E-state index contributed by atoms with van der Waals surface area (Å²) < 4.78 is 2.38. The molecule has 0 unspecified atom stereocenters. The molecule has 0 N–H and O–H groups in total. The molecule has 0 atom stereocenters. The maximum Gasteiger partial charge on any atom is 0.0541 e. The molecule has 1 heterocycles. The Bertz CT molecular complexity index is 2400. The molecule has 1 aromatic heterocycles. The van der Waals surface area contributed by atoms with E-state index in [1.54, 1.807) is 0 Å². The minimum atomic E-state index is 1.18. The highest BCUT2D eigenvalue weighted by Crippen LogP contribution is 2.43. The smallest absolute Gasteiger partial charge is 0.0541 e. The number of fused-ring (bicyclic) bond motifs is 3. The molecular formula is C41H27N. The molecule has 9 aromatic rings. The Morgan fingerprint density at radius 2 is 0.905 bits per heavy atom. The van der Waals surface area contributed by atoms with Crippen LogP contribution >= 0.6 is 0 Å². The maximum atomic E-state index is 2.38. The van der Waals surface area contributed by atoms with Crippen molar-refractivity contribution < 1.29 is 0 Å². The quantitative estimate of drug-likeness (QED) is 0.199. The van der Waals surface area contributed by atoms with E-state index in [4.69, 9.17) is 0 Å². The molecule has 1 nitrogen and oxygen atoms in total. The van der Waals surface area contributed by atoms with E-state index in [1.165, 1.54) is 87.6 Å². The summed E-state index contributed by atoms with van der Waals surface area (Å²) in [5, 5.41) is 10.5. The minimum absolute atomic E-state index is 1.18. The van der Waals surface area contributed by atoms with E-state index in [-0.39, 0.29) is 0 Å². The van der Waals surface area contributed by atoms with E-state index >= 15 is 0 Å². The molecule has 0 radical (unpaired) electrons. The van der Waals surface area contributed by atoms with Gasteiger partial charge in [0, 0.05) is 16.5 Å². The lowest BCUT2D eigenvalue weighted by Crippen LogP contribution is -1.94. The summed E-state index contributed by atoms with van der Waals surface area (Å²) in [4.78, 5) is 0. The Morgan fingerprint density at radius 3 is 1.55 bits per heavy atom. The molecule has 0 aliphatic heterocycles. The molecule has 0 saturated heterocycles. The van der Waals surface area contributed by atoms with Gasteiger partial charge in [0.05, 0.1) is 11.0 Å². The molecule has 0 aliphatic carbocycles. The number of nitrogens with zero attached hydrogens (tertiary/aromatic N) is 1.